The summed E-state index contributed by atoms with van der Waals surface area (Å²) in [6.07, 6.45) is 13.6. The van der Waals surface area contributed by atoms with Gasteiger partial charge in [0, 0.05) is 60.8 Å². The number of Topliss-reactive ketones (excluding diaryl/α,β-unsaturated/α-hetero) is 2. The van der Waals surface area contributed by atoms with E-state index in [1.165, 1.54) is 14.2 Å². The van der Waals surface area contributed by atoms with Crippen LogP contribution in [-0.2, 0) is 38.1 Å². The zero-order chi connectivity index (χ0) is 40.3. The molecule has 2 aromatic rings. The van der Waals surface area contributed by atoms with Crippen molar-refractivity contribution in [3.63, 3.8) is 0 Å². The molecule has 0 atom stereocenters. The number of hydrogen-bond donors (Lipinski definition) is 0. The van der Waals surface area contributed by atoms with Crippen LogP contribution in [0.15, 0.2) is 107 Å². The van der Waals surface area contributed by atoms with Crippen LogP contribution in [0.25, 0.3) is 12.2 Å². The van der Waals surface area contributed by atoms with E-state index in [1.54, 1.807) is 12.2 Å². The maximum Gasteiger partial charge on any atom is 0.334 e. The summed E-state index contributed by atoms with van der Waals surface area (Å²) in [5, 5.41) is 0. The van der Waals surface area contributed by atoms with Crippen LogP contribution >= 0.6 is 0 Å². The molecule has 4 bridgehead atoms. The Morgan fingerprint density at radius 2 is 0.929 bits per heavy atom. The lowest BCUT2D eigenvalue weighted by Crippen LogP contribution is -2.27. The summed E-state index contributed by atoms with van der Waals surface area (Å²) in [5.41, 5.74) is 3.24. The summed E-state index contributed by atoms with van der Waals surface area (Å²) in [5.74, 6) is 1.86. The third-order valence-electron chi connectivity index (χ3n) is 9.66. The van der Waals surface area contributed by atoms with E-state index >= 15 is 0 Å². The topological polar surface area (TPSA) is 124 Å². The largest absolute Gasteiger partial charge is 0.493 e. The average molecular weight is 765 g/mol. The molecule has 4 aliphatic rings. The van der Waals surface area contributed by atoms with E-state index < -0.39 is 11.9 Å². The molecule has 6 rings (SSSR count). The number of carbonyl (C=O) groups is 4. The zero-order valence-corrected chi connectivity index (χ0v) is 33.2. The Bertz CT molecular complexity index is 1860. The van der Waals surface area contributed by atoms with Crippen LogP contribution < -0.4 is 9.47 Å². The number of esters is 2. The highest BCUT2D eigenvalue weighted by molar-refractivity contribution is 6.02. The van der Waals surface area contributed by atoms with Crippen LogP contribution in [0.4, 0.5) is 0 Å². The van der Waals surface area contributed by atoms with Gasteiger partial charge in [-0.05, 0) is 82.7 Å². The van der Waals surface area contributed by atoms with Gasteiger partial charge in [-0.15, -0.1) is 0 Å². The van der Waals surface area contributed by atoms with E-state index in [0.717, 1.165) is 11.1 Å². The summed E-state index contributed by atoms with van der Waals surface area (Å²) in [6, 6.07) is 14.9. The molecule has 296 valence electrons. The Kier molecular flexibility index (Phi) is 13.9. The van der Waals surface area contributed by atoms with Crippen molar-refractivity contribution in [3.05, 3.63) is 118 Å². The SMILES string of the molecule is COC(=O)/C1=C/c2cccc(c2)OC/C=C\COC2=C(C1)C(=O)CC(C)(C)C2.COC(=O)/C1=C/c2cccc(c2)OC/C=C\COC2=C(C1)C(=O)CC(C)(C)C2. The number of ketones is 2. The van der Waals surface area contributed by atoms with Crippen molar-refractivity contribution < 1.29 is 47.6 Å². The van der Waals surface area contributed by atoms with Crippen LogP contribution in [0.1, 0.15) is 77.3 Å². The van der Waals surface area contributed by atoms with Gasteiger partial charge >= 0.3 is 11.9 Å². The van der Waals surface area contributed by atoms with Crippen LogP contribution in [0, 0.1) is 10.8 Å². The number of benzene rings is 2. The average Bonchev–Trinajstić information content (AvgIpc) is 3.14. The first kappa shape index (κ1) is 41.5. The summed E-state index contributed by atoms with van der Waals surface area (Å²) in [4.78, 5) is 50.5. The number of hydrogen-bond acceptors (Lipinski definition) is 10. The van der Waals surface area contributed by atoms with Gasteiger partial charge in [-0.2, -0.15) is 0 Å². The van der Waals surface area contributed by atoms with E-state index in [-0.39, 0.29) is 35.2 Å². The third kappa shape index (κ3) is 11.7. The molecule has 2 aliphatic carbocycles. The molecule has 0 spiro atoms. The molecular weight excluding hydrogens is 712 g/mol. The maximum absolute atomic E-state index is 12.9. The van der Waals surface area contributed by atoms with E-state index in [4.69, 9.17) is 28.4 Å². The Balaban J connectivity index is 0.000000214. The molecule has 10 nitrogen and oxygen atoms in total. The smallest absolute Gasteiger partial charge is 0.334 e. The fourth-order valence-electron chi connectivity index (χ4n) is 6.93. The highest BCUT2D eigenvalue weighted by Gasteiger charge is 2.36. The second kappa shape index (κ2) is 18.8. The van der Waals surface area contributed by atoms with Gasteiger partial charge in [-0.3, -0.25) is 9.59 Å². The van der Waals surface area contributed by atoms with Crippen LogP contribution in [0.2, 0.25) is 0 Å². The standard InChI is InChI=1S/2C23H26O5/c2*1-23(2)14-20(24)19-13-17(22(25)26-3)11-16-7-6-8-18(12-16)27-9-4-5-10-28-21(19)15-23/h2*4-8,11-12H,9-10,13-15H2,1-3H3/b2*5-4-,17-11+. The lowest BCUT2D eigenvalue weighted by atomic mass is 9.75. The summed E-state index contributed by atoms with van der Waals surface area (Å²) < 4.78 is 33.2. The van der Waals surface area contributed by atoms with Crippen molar-refractivity contribution in [2.75, 3.05) is 40.6 Å². The molecule has 2 heterocycles. The Morgan fingerprint density at radius 1 is 0.554 bits per heavy atom. The van der Waals surface area contributed by atoms with Crippen molar-refractivity contribution in [2.24, 2.45) is 10.8 Å². The first-order chi connectivity index (χ1) is 26.8. The number of ether oxygens (including phenoxy) is 6. The lowest BCUT2D eigenvalue weighted by molar-refractivity contribution is -0.137. The van der Waals surface area contributed by atoms with Gasteiger partial charge in [0.1, 0.15) is 49.4 Å². The predicted octanol–water partition coefficient (Wildman–Crippen LogP) is 8.48. The first-order valence-corrected chi connectivity index (χ1v) is 18.9. The third-order valence-corrected chi connectivity index (χ3v) is 9.66. The molecule has 0 saturated carbocycles. The number of fused-ring (bicyclic) bond motifs is 4. The van der Waals surface area contributed by atoms with Gasteiger partial charge in [0.2, 0.25) is 0 Å². The molecule has 56 heavy (non-hydrogen) atoms. The highest BCUT2D eigenvalue weighted by atomic mass is 16.5. The van der Waals surface area contributed by atoms with Crippen molar-refractivity contribution in [2.45, 2.75) is 66.2 Å². The summed E-state index contributed by atoms with van der Waals surface area (Å²) >= 11 is 0. The molecule has 0 amide bonds. The van der Waals surface area contributed by atoms with Crippen molar-refractivity contribution in [1.82, 2.24) is 0 Å². The molecule has 0 saturated heterocycles. The van der Waals surface area contributed by atoms with Gasteiger partial charge in [-0.1, -0.05) is 52.0 Å². The second-order valence-corrected chi connectivity index (χ2v) is 15.7. The van der Waals surface area contributed by atoms with E-state index in [0.29, 0.717) is 97.4 Å². The minimum absolute atomic E-state index is 0.0224. The summed E-state index contributed by atoms with van der Waals surface area (Å²) in [6.45, 7) is 9.73. The lowest BCUT2D eigenvalue weighted by Gasteiger charge is -2.32. The number of carbonyl (C=O) groups excluding carboxylic acids is 4. The van der Waals surface area contributed by atoms with Crippen molar-refractivity contribution >= 4 is 35.7 Å². The van der Waals surface area contributed by atoms with Crippen LogP contribution in [0.5, 0.6) is 11.5 Å². The van der Waals surface area contributed by atoms with Gasteiger partial charge in [0.05, 0.1) is 14.2 Å². The predicted molar refractivity (Wildman–Crippen MR) is 213 cm³/mol. The van der Waals surface area contributed by atoms with Gasteiger partial charge in [0.15, 0.2) is 11.6 Å². The molecule has 0 aromatic heterocycles. The van der Waals surface area contributed by atoms with E-state index in [1.807, 2.05) is 72.8 Å². The molecule has 2 aliphatic heterocycles. The molecule has 0 unspecified atom stereocenters. The molecule has 0 fully saturated rings. The first-order valence-electron chi connectivity index (χ1n) is 18.9. The molecule has 0 radical (unpaired) electrons. The van der Waals surface area contributed by atoms with Gasteiger partial charge in [-0.25, -0.2) is 9.59 Å². The number of allylic oxidation sites excluding steroid dienone is 4. The zero-order valence-electron chi connectivity index (χ0n) is 33.2. The Morgan fingerprint density at radius 3 is 1.30 bits per heavy atom. The van der Waals surface area contributed by atoms with Crippen molar-refractivity contribution in [3.8, 4) is 11.5 Å². The minimum Gasteiger partial charge on any atom is -0.493 e. The van der Waals surface area contributed by atoms with Crippen LogP contribution in [-0.4, -0.2) is 64.2 Å². The Hall–Kier alpha value is -5.64. The molecule has 10 heteroatoms. The maximum atomic E-state index is 12.9. The fourth-order valence-corrected chi connectivity index (χ4v) is 6.93. The number of rotatable bonds is 2. The van der Waals surface area contributed by atoms with E-state index in [9.17, 15) is 19.2 Å². The summed E-state index contributed by atoms with van der Waals surface area (Å²) in [7, 11) is 2.69. The van der Waals surface area contributed by atoms with Gasteiger partial charge in [0.25, 0.3) is 0 Å². The number of methoxy groups -OCH3 is 2. The molecule has 2 aromatic carbocycles. The Labute approximate surface area is 329 Å². The van der Waals surface area contributed by atoms with Crippen LogP contribution in [0.3, 0.4) is 0 Å². The van der Waals surface area contributed by atoms with Crippen molar-refractivity contribution in [1.29, 1.82) is 0 Å². The monoisotopic (exact) mass is 764 g/mol. The second-order valence-electron chi connectivity index (χ2n) is 15.7. The fraction of sp³-hybridized carbons (Fsp3) is 0.391. The quantitative estimate of drug-likeness (QED) is 0.217. The molecule has 0 N–H and O–H groups in total. The molecular formula is C46H52O10. The normalized spacial score (nSPS) is 22.5. The van der Waals surface area contributed by atoms with E-state index in [2.05, 4.69) is 27.7 Å². The highest BCUT2D eigenvalue weighted by Crippen LogP contribution is 2.41. The van der Waals surface area contributed by atoms with Gasteiger partial charge < -0.3 is 28.4 Å². The minimum atomic E-state index is -0.456.